The van der Waals surface area contributed by atoms with Gasteiger partial charge >= 0.3 is 0 Å². The molecule has 5 heteroatoms. The van der Waals surface area contributed by atoms with Gasteiger partial charge in [0.15, 0.2) is 0 Å². The number of halogens is 1. The summed E-state index contributed by atoms with van der Waals surface area (Å²) in [5.41, 5.74) is 8.19. The highest BCUT2D eigenvalue weighted by atomic mass is 19.1. The van der Waals surface area contributed by atoms with E-state index in [-0.39, 0.29) is 17.6 Å². The lowest BCUT2D eigenvalue weighted by atomic mass is 9.89. The standard InChI is InChI=1S/C18H19FN2O2/c1-23-17-7-6-13(19)10-12(17)11-21-9-8-15(18(20)22)14-4-2-3-5-16(14)21/h2-7,10,15H,8-9,11H2,1H3,(H2,20,22)/t15-/m0/s1. The predicted octanol–water partition coefficient (Wildman–Crippen LogP) is 2.81. The molecule has 120 valence electrons. The number of nitrogens with two attached hydrogens (primary N) is 1. The van der Waals surface area contributed by atoms with Gasteiger partial charge in [-0.25, -0.2) is 4.39 Å². The van der Waals surface area contributed by atoms with E-state index >= 15 is 0 Å². The maximum Gasteiger partial charge on any atom is 0.225 e. The zero-order valence-electron chi connectivity index (χ0n) is 13.0. The second-order valence-electron chi connectivity index (χ2n) is 5.68. The number of carbonyl (C=O) groups is 1. The lowest BCUT2D eigenvalue weighted by molar-refractivity contribution is -0.119. The highest BCUT2D eigenvalue weighted by molar-refractivity contribution is 5.85. The Balaban J connectivity index is 1.94. The third-order valence-corrected chi connectivity index (χ3v) is 4.29. The molecule has 0 bridgehead atoms. The number of hydrogen-bond acceptors (Lipinski definition) is 3. The molecule has 23 heavy (non-hydrogen) atoms. The highest BCUT2D eigenvalue weighted by Crippen LogP contribution is 2.36. The van der Waals surface area contributed by atoms with Crippen molar-refractivity contribution in [3.8, 4) is 5.75 Å². The topological polar surface area (TPSA) is 55.6 Å². The van der Waals surface area contributed by atoms with Crippen molar-refractivity contribution in [2.24, 2.45) is 5.73 Å². The normalized spacial score (nSPS) is 16.8. The number of amides is 1. The molecule has 0 unspecified atom stereocenters. The second kappa shape index (κ2) is 6.28. The molecule has 0 saturated carbocycles. The molecule has 0 aliphatic carbocycles. The fourth-order valence-electron chi connectivity index (χ4n) is 3.17. The fourth-order valence-corrected chi connectivity index (χ4v) is 3.17. The van der Waals surface area contributed by atoms with Gasteiger partial charge in [0.25, 0.3) is 0 Å². The van der Waals surface area contributed by atoms with Gasteiger partial charge in [-0.3, -0.25) is 4.79 Å². The summed E-state index contributed by atoms with van der Waals surface area (Å²) < 4.78 is 18.9. The van der Waals surface area contributed by atoms with Crippen LogP contribution in [0.2, 0.25) is 0 Å². The average molecular weight is 314 g/mol. The molecule has 1 heterocycles. The van der Waals surface area contributed by atoms with Crippen molar-refractivity contribution < 1.29 is 13.9 Å². The van der Waals surface area contributed by atoms with Gasteiger partial charge in [-0.05, 0) is 36.2 Å². The van der Waals surface area contributed by atoms with Crippen LogP contribution in [-0.2, 0) is 11.3 Å². The molecule has 1 aliphatic rings. The van der Waals surface area contributed by atoms with Crippen LogP contribution >= 0.6 is 0 Å². The van der Waals surface area contributed by atoms with Crippen LogP contribution in [0.1, 0.15) is 23.5 Å². The van der Waals surface area contributed by atoms with Crippen LogP contribution in [0, 0.1) is 5.82 Å². The lowest BCUT2D eigenvalue weighted by Gasteiger charge is -2.35. The molecule has 2 aromatic rings. The molecule has 0 spiro atoms. The number of primary amides is 1. The minimum Gasteiger partial charge on any atom is -0.496 e. The van der Waals surface area contributed by atoms with E-state index in [2.05, 4.69) is 4.90 Å². The van der Waals surface area contributed by atoms with E-state index in [0.717, 1.165) is 16.8 Å². The minimum atomic E-state index is -0.305. The van der Waals surface area contributed by atoms with Gasteiger partial charge in [0.05, 0.1) is 13.0 Å². The Hall–Kier alpha value is -2.56. The first-order chi connectivity index (χ1) is 11.1. The number of para-hydroxylation sites is 1. The maximum atomic E-state index is 13.6. The van der Waals surface area contributed by atoms with Crippen LogP contribution in [0.5, 0.6) is 5.75 Å². The Morgan fingerprint density at radius 2 is 2.13 bits per heavy atom. The van der Waals surface area contributed by atoms with Crippen molar-refractivity contribution in [3.05, 3.63) is 59.4 Å². The summed E-state index contributed by atoms with van der Waals surface area (Å²) in [5, 5.41) is 0. The third-order valence-electron chi connectivity index (χ3n) is 4.29. The molecule has 2 N–H and O–H groups in total. The number of nitrogens with zero attached hydrogens (tertiary/aromatic N) is 1. The van der Waals surface area contributed by atoms with Crippen LogP contribution in [-0.4, -0.2) is 19.6 Å². The summed E-state index contributed by atoms with van der Waals surface area (Å²) in [4.78, 5) is 13.8. The first-order valence-corrected chi connectivity index (χ1v) is 7.55. The molecule has 0 aromatic heterocycles. The van der Waals surface area contributed by atoms with E-state index in [1.54, 1.807) is 13.2 Å². The Kier molecular flexibility index (Phi) is 4.19. The van der Waals surface area contributed by atoms with Crippen molar-refractivity contribution in [3.63, 3.8) is 0 Å². The Morgan fingerprint density at radius 3 is 2.87 bits per heavy atom. The average Bonchev–Trinajstić information content (AvgIpc) is 2.55. The first-order valence-electron chi connectivity index (χ1n) is 7.55. The Bertz CT molecular complexity index is 733. The fraction of sp³-hybridized carbons (Fsp3) is 0.278. The van der Waals surface area contributed by atoms with Crippen molar-refractivity contribution in [2.45, 2.75) is 18.9 Å². The van der Waals surface area contributed by atoms with Gasteiger partial charge in [-0.15, -0.1) is 0 Å². The lowest BCUT2D eigenvalue weighted by Crippen LogP contribution is -2.35. The zero-order chi connectivity index (χ0) is 16.4. The smallest absolute Gasteiger partial charge is 0.225 e. The van der Waals surface area contributed by atoms with E-state index in [0.29, 0.717) is 25.3 Å². The van der Waals surface area contributed by atoms with Crippen LogP contribution in [0.15, 0.2) is 42.5 Å². The van der Waals surface area contributed by atoms with Crippen LogP contribution in [0.4, 0.5) is 10.1 Å². The van der Waals surface area contributed by atoms with Crippen LogP contribution in [0.3, 0.4) is 0 Å². The van der Waals surface area contributed by atoms with E-state index in [1.165, 1.54) is 12.1 Å². The van der Waals surface area contributed by atoms with Crippen molar-refractivity contribution >= 4 is 11.6 Å². The molecule has 1 amide bonds. The number of fused-ring (bicyclic) bond motifs is 1. The number of rotatable bonds is 4. The first kappa shape index (κ1) is 15.3. The Morgan fingerprint density at radius 1 is 1.35 bits per heavy atom. The highest BCUT2D eigenvalue weighted by Gasteiger charge is 2.28. The minimum absolute atomic E-state index is 0.267. The van der Waals surface area contributed by atoms with Gasteiger partial charge in [0.1, 0.15) is 11.6 Å². The molecular weight excluding hydrogens is 295 g/mol. The molecule has 0 saturated heterocycles. The summed E-state index contributed by atoms with van der Waals surface area (Å²) in [6.07, 6.45) is 0.657. The number of hydrogen-bond donors (Lipinski definition) is 1. The molecular formula is C18H19FN2O2. The summed E-state index contributed by atoms with van der Waals surface area (Å²) in [6.45, 7) is 1.20. The SMILES string of the molecule is COc1ccc(F)cc1CN1CC[C@H](C(N)=O)c2ccccc21. The number of benzene rings is 2. The molecule has 2 aromatic carbocycles. The quantitative estimate of drug-likeness (QED) is 0.944. The largest absolute Gasteiger partial charge is 0.496 e. The van der Waals surface area contributed by atoms with Gasteiger partial charge in [-0.1, -0.05) is 18.2 Å². The predicted molar refractivity (Wildman–Crippen MR) is 87.0 cm³/mol. The summed E-state index contributed by atoms with van der Waals surface area (Å²) in [6, 6.07) is 12.2. The van der Waals surface area contributed by atoms with Gasteiger partial charge in [0, 0.05) is 24.3 Å². The third kappa shape index (κ3) is 2.99. The summed E-state index contributed by atoms with van der Waals surface area (Å²) in [7, 11) is 1.57. The summed E-state index contributed by atoms with van der Waals surface area (Å²) in [5.74, 6) is -0.209. The van der Waals surface area contributed by atoms with Gasteiger partial charge in [-0.2, -0.15) is 0 Å². The molecule has 1 aliphatic heterocycles. The number of ether oxygens (including phenoxy) is 1. The van der Waals surface area contributed by atoms with E-state index in [4.69, 9.17) is 10.5 Å². The monoisotopic (exact) mass is 314 g/mol. The molecule has 0 radical (unpaired) electrons. The molecule has 1 atom stereocenters. The van der Waals surface area contributed by atoms with Crippen molar-refractivity contribution in [2.75, 3.05) is 18.6 Å². The number of methoxy groups -OCH3 is 1. The maximum absolute atomic E-state index is 13.6. The zero-order valence-corrected chi connectivity index (χ0v) is 13.0. The molecule has 4 nitrogen and oxygen atoms in total. The van der Waals surface area contributed by atoms with Crippen LogP contribution in [0.25, 0.3) is 0 Å². The second-order valence-corrected chi connectivity index (χ2v) is 5.68. The van der Waals surface area contributed by atoms with Gasteiger partial charge in [0.2, 0.25) is 5.91 Å². The van der Waals surface area contributed by atoms with E-state index in [1.807, 2.05) is 24.3 Å². The van der Waals surface area contributed by atoms with Crippen LogP contribution < -0.4 is 15.4 Å². The van der Waals surface area contributed by atoms with E-state index in [9.17, 15) is 9.18 Å². The molecule has 3 rings (SSSR count). The van der Waals surface area contributed by atoms with Crippen molar-refractivity contribution in [1.29, 1.82) is 0 Å². The summed E-state index contributed by atoms with van der Waals surface area (Å²) >= 11 is 0. The van der Waals surface area contributed by atoms with Crippen molar-refractivity contribution in [1.82, 2.24) is 0 Å². The number of carbonyl (C=O) groups excluding carboxylic acids is 1. The van der Waals surface area contributed by atoms with E-state index < -0.39 is 0 Å². The Labute approximate surface area is 134 Å². The molecule has 0 fully saturated rings. The number of anilines is 1. The van der Waals surface area contributed by atoms with Gasteiger partial charge < -0.3 is 15.4 Å².